The van der Waals surface area contributed by atoms with E-state index in [0.717, 1.165) is 40.9 Å². The molecule has 27 heavy (non-hydrogen) atoms. The summed E-state index contributed by atoms with van der Waals surface area (Å²) < 4.78 is 12.6. The van der Waals surface area contributed by atoms with Gasteiger partial charge in [-0.25, -0.2) is 0 Å². The molecule has 1 aliphatic rings. The average molecular weight is 367 g/mol. The van der Waals surface area contributed by atoms with Crippen LogP contribution in [-0.4, -0.2) is 11.9 Å². The third-order valence-corrected chi connectivity index (χ3v) is 4.91. The van der Waals surface area contributed by atoms with E-state index in [9.17, 15) is 4.79 Å². The van der Waals surface area contributed by atoms with Gasteiger partial charge in [-0.1, -0.05) is 51.1 Å². The number of aldehydes is 1. The van der Waals surface area contributed by atoms with Gasteiger partial charge < -0.3 is 14.3 Å². The van der Waals surface area contributed by atoms with Crippen molar-refractivity contribution in [2.75, 3.05) is 0 Å². The van der Waals surface area contributed by atoms with Gasteiger partial charge in [0.2, 0.25) is 0 Å². The van der Waals surface area contributed by atoms with E-state index in [1.54, 1.807) is 0 Å². The molecule has 0 N–H and O–H groups in total. The van der Waals surface area contributed by atoms with Gasteiger partial charge in [-0.05, 0) is 37.3 Å². The third kappa shape index (κ3) is 4.35. The molecule has 2 aromatic carbocycles. The minimum absolute atomic E-state index is 0.116. The van der Waals surface area contributed by atoms with Crippen LogP contribution in [0.1, 0.15) is 63.3 Å². The first-order valence-corrected chi connectivity index (χ1v) is 9.70. The van der Waals surface area contributed by atoms with Gasteiger partial charge in [0.25, 0.3) is 0 Å². The van der Waals surface area contributed by atoms with Crippen molar-refractivity contribution in [3.05, 3.63) is 58.7 Å². The van der Waals surface area contributed by atoms with Crippen LogP contribution in [0.3, 0.4) is 0 Å². The van der Waals surface area contributed by atoms with Crippen molar-refractivity contribution in [3.8, 4) is 11.5 Å². The number of ether oxygens (including phenoxy) is 2. The maximum absolute atomic E-state index is 11.1. The highest BCUT2D eigenvalue weighted by Gasteiger charge is 2.36. The Morgan fingerprint density at radius 3 is 2.52 bits per heavy atom. The van der Waals surface area contributed by atoms with Gasteiger partial charge in [-0.15, -0.1) is 0 Å². The molecule has 0 spiro atoms. The Morgan fingerprint density at radius 2 is 1.89 bits per heavy atom. The van der Waals surface area contributed by atoms with Crippen LogP contribution in [0.2, 0.25) is 0 Å². The third-order valence-electron chi connectivity index (χ3n) is 4.91. The Balaban J connectivity index is 2.07. The normalized spacial score (nSPS) is 15.1. The topological polar surface area (TPSA) is 35.5 Å². The number of hydrogen-bond acceptors (Lipinski definition) is 3. The molecular weight excluding hydrogens is 336 g/mol. The van der Waals surface area contributed by atoms with E-state index in [4.69, 9.17) is 9.47 Å². The number of carbonyl (C=O) groups is 1. The molecule has 2 aromatic rings. The van der Waals surface area contributed by atoms with Gasteiger partial charge >= 0.3 is 0 Å². The number of rotatable bonds is 6. The summed E-state index contributed by atoms with van der Waals surface area (Å²) in [5.74, 6) is 1.87. The molecule has 0 radical (unpaired) electrons. The standard InChI is InChI=1S/C24H30O3/c1-23(2,3)21-19(12-9-13-25)22-18(15-24(4,5)27-22)14-20(21)26-16-17-10-7-6-8-11-17/h6-8,10-11,13-14H,9,12,15-16H2,1-5H3. The highest BCUT2D eigenvalue weighted by molar-refractivity contribution is 5.60. The summed E-state index contributed by atoms with van der Waals surface area (Å²) in [6.45, 7) is 11.3. The Hall–Kier alpha value is -2.29. The number of carbonyl (C=O) groups excluding carboxylic acids is 1. The monoisotopic (exact) mass is 366 g/mol. The highest BCUT2D eigenvalue weighted by atomic mass is 16.5. The molecule has 0 saturated heterocycles. The van der Waals surface area contributed by atoms with E-state index in [1.165, 1.54) is 5.56 Å². The largest absolute Gasteiger partial charge is 0.489 e. The summed E-state index contributed by atoms with van der Waals surface area (Å²) >= 11 is 0. The van der Waals surface area contributed by atoms with Crippen LogP contribution in [0.5, 0.6) is 11.5 Å². The molecule has 0 amide bonds. The summed E-state index contributed by atoms with van der Waals surface area (Å²) in [5.41, 5.74) is 4.25. The second-order valence-corrected chi connectivity index (χ2v) is 8.98. The molecular formula is C24H30O3. The zero-order chi connectivity index (χ0) is 19.7. The number of fused-ring (bicyclic) bond motifs is 1. The fourth-order valence-corrected chi connectivity index (χ4v) is 3.89. The van der Waals surface area contributed by atoms with Crippen molar-refractivity contribution in [2.45, 2.75) is 71.5 Å². The summed E-state index contributed by atoms with van der Waals surface area (Å²) in [7, 11) is 0. The second kappa shape index (κ2) is 7.38. The maximum Gasteiger partial charge on any atom is 0.127 e. The van der Waals surface area contributed by atoms with Crippen LogP contribution in [-0.2, 0) is 29.7 Å². The maximum atomic E-state index is 11.1. The molecule has 0 unspecified atom stereocenters. The van der Waals surface area contributed by atoms with Crippen molar-refractivity contribution in [2.24, 2.45) is 0 Å². The van der Waals surface area contributed by atoms with E-state index in [1.807, 2.05) is 18.2 Å². The molecule has 0 fully saturated rings. The van der Waals surface area contributed by atoms with Gasteiger partial charge in [-0.2, -0.15) is 0 Å². The van der Waals surface area contributed by atoms with E-state index in [-0.39, 0.29) is 11.0 Å². The van der Waals surface area contributed by atoms with Crippen LogP contribution >= 0.6 is 0 Å². The average Bonchev–Trinajstić information content (AvgIpc) is 2.91. The Kier molecular flexibility index (Phi) is 5.32. The van der Waals surface area contributed by atoms with E-state index in [2.05, 4.69) is 52.8 Å². The minimum Gasteiger partial charge on any atom is -0.489 e. The van der Waals surface area contributed by atoms with Crippen molar-refractivity contribution < 1.29 is 14.3 Å². The lowest BCUT2D eigenvalue weighted by Gasteiger charge is -2.28. The lowest BCUT2D eigenvalue weighted by atomic mass is 9.80. The number of hydrogen-bond donors (Lipinski definition) is 0. The van der Waals surface area contributed by atoms with Gasteiger partial charge in [0.05, 0.1) is 0 Å². The second-order valence-electron chi connectivity index (χ2n) is 8.98. The van der Waals surface area contributed by atoms with Crippen LogP contribution in [0.25, 0.3) is 0 Å². The van der Waals surface area contributed by atoms with Gasteiger partial charge in [-0.3, -0.25) is 0 Å². The highest BCUT2D eigenvalue weighted by Crippen LogP contribution is 2.47. The van der Waals surface area contributed by atoms with Gasteiger partial charge in [0.15, 0.2) is 0 Å². The van der Waals surface area contributed by atoms with Gasteiger partial charge in [0, 0.05) is 29.5 Å². The molecule has 3 nitrogen and oxygen atoms in total. The summed E-state index contributed by atoms with van der Waals surface area (Å²) in [4.78, 5) is 11.1. The first kappa shape index (κ1) is 19.5. The van der Waals surface area contributed by atoms with Crippen LogP contribution in [0.15, 0.2) is 36.4 Å². The van der Waals surface area contributed by atoms with Crippen molar-refractivity contribution in [1.29, 1.82) is 0 Å². The first-order chi connectivity index (χ1) is 12.7. The molecule has 1 aliphatic heterocycles. The SMILES string of the molecule is CC1(C)Cc2cc(OCc3ccccc3)c(C(C)(C)C)c(CCC=O)c2O1. The molecule has 3 rings (SSSR count). The number of benzene rings is 2. The molecule has 1 heterocycles. The molecule has 144 valence electrons. The Labute approximate surface area is 162 Å². The molecule has 0 saturated carbocycles. The Morgan fingerprint density at radius 1 is 1.19 bits per heavy atom. The smallest absolute Gasteiger partial charge is 0.127 e. The zero-order valence-corrected chi connectivity index (χ0v) is 17.1. The first-order valence-electron chi connectivity index (χ1n) is 9.70. The van der Waals surface area contributed by atoms with Crippen LogP contribution < -0.4 is 9.47 Å². The quantitative estimate of drug-likeness (QED) is 0.641. The fraction of sp³-hybridized carbons (Fsp3) is 0.458. The van der Waals surface area contributed by atoms with E-state index in [0.29, 0.717) is 19.4 Å². The minimum atomic E-state index is -0.231. The fourth-order valence-electron chi connectivity index (χ4n) is 3.89. The van der Waals surface area contributed by atoms with Crippen molar-refractivity contribution in [3.63, 3.8) is 0 Å². The van der Waals surface area contributed by atoms with Crippen molar-refractivity contribution >= 4 is 6.29 Å². The van der Waals surface area contributed by atoms with E-state index < -0.39 is 0 Å². The summed E-state index contributed by atoms with van der Waals surface area (Å²) in [5, 5.41) is 0. The summed E-state index contributed by atoms with van der Waals surface area (Å²) in [6.07, 6.45) is 3.00. The van der Waals surface area contributed by atoms with Crippen LogP contribution in [0, 0.1) is 0 Å². The van der Waals surface area contributed by atoms with Crippen LogP contribution in [0.4, 0.5) is 0 Å². The predicted octanol–water partition coefficient (Wildman–Crippen LogP) is 5.41. The Bertz CT molecular complexity index is 814. The van der Waals surface area contributed by atoms with Crippen molar-refractivity contribution in [1.82, 2.24) is 0 Å². The molecule has 0 aliphatic carbocycles. The predicted molar refractivity (Wildman–Crippen MR) is 109 cm³/mol. The molecule has 3 heteroatoms. The lowest BCUT2D eigenvalue weighted by molar-refractivity contribution is -0.107. The van der Waals surface area contributed by atoms with E-state index >= 15 is 0 Å². The molecule has 0 aromatic heterocycles. The summed E-state index contributed by atoms with van der Waals surface area (Å²) in [6, 6.07) is 12.4. The van der Waals surface area contributed by atoms with Gasteiger partial charge in [0.1, 0.15) is 30.0 Å². The lowest BCUT2D eigenvalue weighted by Crippen LogP contribution is -2.25. The molecule has 0 atom stereocenters. The zero-order valence-electron chi connectivity index (χ0n) is 17.1. The molecule has 0 bridgehead atoms.